The van der Waals surface area contributed by atoms with Crippen LogP contribution in [0, 0.1) is 5.82 Å². The van der Waals surface area contributed by atoms with Gasteiger partial charge in [0.15, 0.2) is 0 Å². The van der Waals surface area contributed by atoms with Crippen LogP contribution >= 0.6 is 11.6 Å². The molecule has 2 aromatic carbocycles. The summed E-state index contributed by atoms with van der Waals surface area (Å²) in [7, 11) is 0. The maximum absolute atomic E-state index is 13.9. The number of fused-ring (bicyclic) bond motifs is 2. The number of amides is 1. The van der Waals surface area contributed by atoms with E-state index in [0.717, 1.165) is 44.0 Å². The van der Waals surface area contributed by atoms with Crippen LogP contribution in [0.3, 0.4) is 0 Å². The minimum absolute atomic E-state index is 0.0423. The van der Waals surface area contributed by atoms with Crippen LogP contribution in [0.2, 0.25) is 5.02 Å². The molecule has 0 atom stereocenters. The van der Waals surface area contributed by atoms with Gasteiger partial charge in [0.2, 0.25) is 0 Å². The number of nitrogens with one attached hydrogen (secondary N) is 1. The Morgan fingerprint density at radius 2 is 1.93 bits per heavy atom. The molecule has 1 amide bonds. The van der Waals surface area contributed by atoms with Gasteiger partial charge in [-0.25, -0.2) is 9.37 Å². The lowest BCUT2D eigenvalue weighted by Crippen LogP contribution is -2.26. The van der Waals surface area contributed by atoms with Crippen LogP contribution in [-0.4, -0.2) is 15.5 Å². The zero-order chi connectivity index (χ0) is 19.7. The number of aromatic nitrogens is 2. The minimum Gasteiger partial charge on any atom is -0.319 e. The zero-order valence-electron chi connectivity index (χ0n) is 15.2. The smallest absolute Gasteiger partial charge is 0.261 e. The van der Waals surface area contributed by atoms with E-state index in [0.29, 0.717) is 23.0 Å². The Kier molecular flexibility index (Phi) is 5.13. The summed E-state index contributed by atoms with van der Waals surface area (Å²) in [5, 5.41) is 3.27. The highest BCUT2D eigenvalue weighted by Crippen LogP contribution is 2.21. The molecular formula is C21H19ClFN3O2. The highest BCUT2D eigenvalue weighted by molar-refractivity contribution is 6.30. The van der Waals surface area contributed by atoms with Crippen LogP contribution in [0.15, 0.2) is 41.2 Å². The maximum atomic E-state index is 13.9. The summed E-state index contributed by atoms with van der Waals surface area (Å²) in [5.74, 6) is -0.324. The number of halogens is 2. The fourth-order valence-corrected chi connectivity index (χ4v) is 3.68. The molecule has 0 bridgehead atoms. The third-order valence-electron chi connectivity index (χ3n) is 5.01. The first-order valence-electron chi connectivity index (χ1n) is 9.33. The molecule has 0 radical (unpaired) electrons. The van der Waals surface area contributed by atoms with Gasteiger partial charge in [0, 0.05) is 23.6 Å². The fourth-order valence-electron chi connectivity index (χ4n) is 3.52. The Morgan fingerprint density at radius 1 is 1.11 bits per heavy atom. The highest BCUT2D eigenvalue weighted by Gasteiger charge is 2.15. The third kappa shape index (κ3) is 3.64. The highest BCUT2D eigenvalue weighted by atomic mass is 35.5. The number of rotatable bonds is 2. The zero-order valence-corrected chi connectivity index (χ0v) is 15.9. The molecule has 4 rings (SSSR count). The fraction of sp³-hybridized carbons (Fsp3) is 0.286. The maximum Gasteiger partial charge on any atom is 0.261 e. The summed E-state index contributed by atoms with van der Waals surface area (Å²) < 4.78 is 15.7. The van der Waals surface area contributed by atoms with Gasteiger partial charge in [-0.1, -0.05) is 24.4 Å². The van der Waals surface area contributed by atoms with Gasteiger partial charge in [-0.05, 0) is 49.2 Å². The van der Waals surface area contributed by atoms with Gasteiger partial charge in [-0.15, -0.1) is 0 Å². The van der Waals surface area contributed by atoms with Crippen LogP contribution < -0.4 is 10.9 Å². The summed E-state index contributed by atoms with van der Waals surface area (Å²) in [6, 6.07) is 8.80. The molecule has 0 fully saturated rings. The third-order valence-corrected chi connectivity index (χ3v) is 5.24. The molecule has 1 N–H and O–H groups in total. The van der Waals surface area contributed by atoms with Crippen molar-refractivity contribution in [1.29, 1.82) is 0 Å². The Labute approximate surface area is 166 Å². The predicted octanol–water partition coefficient (Wildman–Crippen LogP) is 4.56. The molecule has 1 aliphatic heterocycles. The van der Waals surface area contributed by atoms with Crippen LogP contribution in [0.5, 0.6) is 0 Å². The van der Waals surface area contributed by atoms with E-state index in [2.05, 4.69) is 10.3 Å². The van der Waals surface area contributed by atoms with E-state index in [1.54, 1.807) is 22.8 Å². The molecule has 1 aliphatic rings. The van der Waals surface area contributed by atoms with E-state index in [4.69, 9.17) is 11.6 Å². The summed E-state index contributed by atoms with van der Waals surface area (Å²) in [6.07, 6.45) is 4.95. The number of benzene rings is 2. The van der Waals surface area contributed by atoms with E-state index in [9.17, 15) is 14.0 Å². The molecule has 144 valence electrons. The number of anilines is 1. The van der Waals surface area contributed by atoms with Crippen LogP contribution in [-0.2, 0) is 13.0 Å². The normalized spacial score (nSPS) is 14.2. The summed E-state index contributed by atoms with van der Waals surface area (Å²) >= 11 is 5.74. The molecule has 0 spiro atoms. The first-order chi connectivity index (χ1) is 13.5. The van der Waals surface area contributed by atoms with Gasteiger partial charge in [0.05, 0.1) is 16.6 Å². The van der Waals surface area contributed by atoms with Gasteiger partial charge in [0.25, 0.3) is 11.5 Å². The van der Waals surface area contributed by atoms with Crippen molar-refractivity contribution in [2.75, 3.05) is 5.32 Å². The summed E-state index contributed by atoms with van der Waals surface area (Å²) in [6.45, 7) is 0.676. The lowest BCUT2D eigenvalue weighted by Gasteiger charge is -2.16. The lowest BCUT2D eigenvalue weighted by atomic mass is 10.1. The number of carbonyl (C=O) groups is 1. The Hall–Kier alpha value is -2.73. The molecule has 0 aliphatic carbocycles. The first kappa shape index (κ1) is 18.6. The molecule has 28 heavy (non-hydrogen) atoms. The monoisotopic (exact) mass is 399 g/mol. The van der Waals surface area contributed by atoms with Gasteiger partial charge in [0.1, 0.15) is 11.6 Å². The average molecular weight is 400 g/mol. The van der Waals surface area contributed by atoms with E-state index >= 15 is 0 Å². The largest absolute Gasteiger partial charge is 0.319 e. The van der Waals surface area contributed by atoms with E-state index < -0.39 is 11.7 Å². The molecule has 7 heteroatoms. The number of aryl methyl sites for hydroxylation is 1. The average Bonchev–Trinajstić information content (AvgIpc) is 2.65. The Balaban J connectivity index is 1.69. The number of nitrogens with zero attached hydrogens (tertiary/aromatic N) is 2. The molecular weight excluding hydrogens is 381 g/mol. The van der Waals surface area contributed by atoms with Crippen molar-refractivity contribution in [1.82, 2.24) is 9.55 Å². The standard InChI is InChI=1S/C21H19ClFN3O2/c22-14-7-9-17(16(23)12-14)25-20(27)13-6-8-15-18(11-13)24-19-5-3-1-2-4-10-26(19)21(15)28/h6-9,11-12H,1-5,10H2,(H,25,27). The van der Waals surface area contributed by atoms with Crippen LogP contribution in [0.1, 0.15) is 41.9 Å². The molecule has 1 aromatic heterocycles. The van der Waals surface area contributed by atoms with Crippen LogP contribution in [0.4, 0.5) is 10.1 Å². The van der Waals surface area contributed by atoms with E-state index in [1.807, 2.05) is 0 Å². The molecule has 5 nitrogen and oxygen atoms in total. The van der Waals surface area contributed by atoms with Crippen molar-refractivity contribution < 1.29 is 9.18 Å². The second kappa shape index (κ2) is 7.72. The molecule has 0 saturated heterocycles. The predicted molar refractivity (Wildman–Crippen MR) is 108 cm³/mol. The van der Waals surface area contributed by atoms with Crippen molar-refractivity contribution in [3.8, 4) is 0 Å². The first-order valence-corrected chi connectivity index (χ1v) is 9.70. The molecule has 2 heterocycles. The van der Waals surface area contributed by atoms with Crippen molar-refractivity contribution >= 4 is 34.1 Å². The Bertz CT molecular complexity index is 1130. The number of hydrogen-bond donors (Lipinski definition) is 1. The van der Waals surface area contributed by atoms with Gasteiger partial charge < -0.3 is 5.32 Å². The quantitative estimate of drug-likeness (QED) is 0.687. The topological polar surface area (TPSA) is 64.0 Å². The van der Waals surface area contributed by atoms with Crippen molar-refractivity contribution in [3.63, 3.8) is 0 Å². The SMILES string of the molecule is O=C(Nc1ccc(Cl)cc1F)c1ccc2c(=O)n3c(nc2c1)CCCCCC3. The second-order valence-corrected chi connectivity index (χ2v) is 7.40. The van der Waals surface area contributed by atoms with Gasteiger partial charge in [-0.2, -0.15) is 0 Å². The molecule has 3 aromatic rings. The number of carbonyl (C=O) groups excluding carboxylic acids is 1. The summed E-state index contributed by atoms with van der Waals surface area (Å²) in [4.78, 5) is 30.0. The second-order valence-electron chi connectivity index (χ2n) is 6.96. The van der Waals surface area contributed by atoms with Crippen LogP contribution in [0.25, 0.3) is 10.9 Å². The lowest BCUT2D eigenvalue weighted by molar-refractivity contribution is 0.102. The Morgan fingerprint density at radius 3 is 2.75 bits per heavy atom. The molecule has 0 unspecified atom stereocenters. The van der Waals surface area contributed by atoms with Gasteiger partial charge in [-0.3, -0.25) is 14.2 Å². The van der Waals surface area contributed by atoms with Crippen molar-refractivity contribution in [3.05, 3.63) is 69.0 Å². The van der Waals surface area contributed by atoms with Crippen molar-refractivity contribution in [2.24, 2.45) is 0 Å². The summed E-state index contributed by atoms with van der Waals surface area (Å²) in [5.41, 5.74) is 0.768. The molecule has 0 saturated carbocycles. The van der Waals surface area contributed by atoms with E-state index in [-0.39, 0.29) is 16.3 Å². The number of hydrogen-bond acceptors (Lipinski definition) is 3. The van der Waals surface area contributed by atoms with Gasteiger partial charge >= 0.3 is 0 Å². The van der Waals surface area contributed by atoms with Crippen molar-refractivity contribution in [2.45, 2.75) is 38.6 Å². The van der Waals surface area contributed by atoms with E-state index in [1.165, 1.54) is 12.1 Å². The minimum atomic E-state index is -0.612.